The number of carbonyl (C=O) groups excluding carboxylic acids is 2. The predicted octanol–water partition coefficient (Wildman–Crippen LogP) is 5.06. The standard InChI is InChI=1S/C21H20ClNO3/c1-13-2-11-18-19(12-13)21(25)23(20(18)24)15-5-9-17(10-6-15)26-16-7-3-14(22)4-8-16/h3-10,13,18-19H,2,11-12H2,1H3/t13-,18+,19-/m1/s1. The Morgan fingerprint density at radius 2 is 1.46 bits per heavy atom. The molecular formula is C21H20ClNO3. The summed E-state index contributed by atoms with van der Waals surface area (Å²) in [6.07, 6.45) is 2.63. The average Bonchev–Trinajstić information content (AvgIpc) is 2.88. The van der Waals surface area contributed by atoms with E-state index in [1.165, 1.54) is 4.90 Å². The Kier molecular flexibility index (Phi) is 4.45. The van der Waals surface area contributed by atoms with Crippen LogP contribution in [0.4, 0.5) is 5.69 Å². The van der Waals surface area contributed by atoms with Gasteiger partial charge in [0.1, 0.15) is 11.5 Å². The molecule has 1 heterocycles. The van der Waals surface area contributed by atoms with Gasteiger partial charge < -0.3 is 4.74 Å². The third-order valence-corrected chi connectivity index (χ3v) is 5.58. The minimum absolute atomic E-state index is 0.0572. The van der Waals surface area contributed by atoms with E-state index >= 15 is 0 Å². The molecule has 0 N–H and O–H groups in total. The van der Waals surface area contributed by atoms with E-state index in [9.17, 15) is 9.59 Å². The molecule has 0 radical (unpaired) electrons. The van der Waals surface area contributed by atoms with Crippen molar-refractivity contribution in [2.24, 2.45) is 17.8 Å². The number of imide groups is 1. The number of nitrogens with zero attached hydrogens (tertiary/aromatic N) is 1. The zero-order chi connectivity index (χ0) is 18.3. The van der Waals surface area contributed by atoms with E-state index in [-0.39, 0.29) is 23.7 Å². The van der Waals surface area contributed by atoms with Crippen molar-refractivity contribution >= 4 is 29.1 Å². The largest absolute Gasteiger partial charge is 0.457 e. The lowest BCUT2D eigenvalue weighted by Crippen LogP contribution is -2.30. The molecule has 26 heavy (non-hydrogen) atoms. The number of fused-ring (bicyclic) bond motifs is 1. The lowest BCUT2D eigenvalue weighted by molar-refractivity contribution is -0.122. The minimum atomic E-state index is -0.156. The molecule has 0 unspecified atom stereocenters. The van der Waals surface area contributed by atoms with E-state index in [0.717, 1.165) is 19.3 Å². The first kappa shape index (κ1) is 17.1. The maximum absolute atomic E-state index is 12.8. The second-order valence-corrected chi connectivity index (χ2v) is 7.63. The summed E-state index contributed by atoms with van der Waals surface area (Å²) in [5.74, 6) is 1.40. The van der Waals surface area contributed by atoms with E-state index < -0.39 is 0 Å². The van der Waals surface area contributed by atoms with Crippen LogP contribution in [0.5, 0.6) is 11.5 Å². The summed E-state index contributed by atoms with van der Waals surface area (Å²) < 4.78 is 5.77. The molecule has 134 valence electrons. The second kappa shape index (κ2) is 6.76. The number of ether oxygens (including phenoxy) is 1. The highest BCUT2D eigenvalue weighted by atomic mass is 35.5. The fourth-order valence-corrected chi connectivity index (χ4v) is 4.07. The highest BCUT2D eigenvalue weighted by molar-refractivity contribution is 6.30. The molecule has 0 spiro atoms. The number of anilines is 1. The first-order valence-electron chi connectivity index (χ1n) is 8.94. The van der Waals surface area contributed by atoms with Gasteiger partial charge in [-0.05, 0) is 73.7 Å². The van der Waals surface area contributed by atoms with Crippen LogP contribution in [-0.2, 0) is 9.59 Å². The molecule has 1 saturated heterocycles. The van der Waals surface area contributed by atoms with E-state index in [1.54, 1.807) is 48.5 Å². The first-order valence-corrected chi connectivity index (χ1v) is 9.32. The monoisotopic (exact) mass is 369 g/mol. The van der Waals surface area contributed by atoms with Crippen molar-refractivity contribution in [2.45, 2.75) is 26.2 Å². The molecule has 0 bridgehead atoms. The van der Waals surface area contributed by atoms with Crippen LogP contribution in [0, 0.1) is 17.8 Å². The Morgan fingerprint density at radius 3 is 2.12 bits per heavy atom. The summed E-state index contributed by atoms with van der Waals surface area (Å²) in [6.45, 7) is 2.15. The first-order chi connectivity index (χ1) is 12.5. The Hall–Kier alpha value is -2.33. The fourth-order valence-electron chi connectivity index (χ4n) is 3.95. The van der Waals surface area contributed by atoms with Gasteiger partial charge in [-0.15, -0.1) is 0 Å². The molecule has 2 fully saturated rings. The predicted molar refractivity (Wildman–Crippen MR) is 100 cm³/mol. The van der Waals surface area contributed by atoms with Gasteiger partial charge in [-0.3, -0.25) is 14.5 Å². The number of hydrogen-bond acceptors (Lipinski definition) is 3. The van der Waals surface area contributed by atoms with Crippen molar-refractivity contribution < 1.29 is 14.3 Å². The maximum Gasteiger partial charge on any atom is 0.237 e. The molecule has 4 rings (SSSR count). The number of halogens is 1. The molecule has 3 atom stereocenters. The molecule has 2 aromatic rings. The van der Waals surface area contributed by atoms with Crippen molar-refractivity contribution in [3.63, 3.8) is 0 Å². The van der Waals surface area contributed by atoms with Crippen molar-refractivity contribution in [3.05, 3.63) is 53.6 Å². The highest BCUT2D eigenvalue weighted by Crippen LogP contribution is 2.42. The van der Waals surface area contributed by atoms with Gasteiger partial charge in [0, 0.05) is 5.02 Å². The molecule has 0 aromatic heterocycles. The van der Waals surface area contributed by atoms with Crippen molar-refractivity contribution in [2.75, 3.05) is 4.90 Å². The summed E-state index contributed by atoms with van der Waals surface area (Å²) in [5.41, 5.74) is 0.616. The van der Waals surface area contributed by atoms with Crippen LogP contribution in [0.2, 0.25) is 5.02 Å². The van der Waals surface area contributed by atoms with Gasteiger partial charge in [0.15, 0.2) is 0 Å². The summed E-state index contributed by atoms with van der Waals surface area (Å²) in [5, 5.41) is 0.648. The highest BCUT2D eigenvalue weighted by Gasteiger charge is 2.49. The van der Waals surface area contributed by atoms with Crippen molar-refractivity contribution in [1.29, 1.82) is 0 Å². The number of rotatable bonds is 3. The van der Waals surface area contributed by atoms with Gasteiger partial charge in [0.05, 0.1) is 17.5 Å². The molecule has 1 aliphatic carbocycles. The van der Waals surface area contributed by atoms with Gasteiger partial charge in [-0.25, -0.2) is 0 Å². The number of amides is 2. The molecule has 2 aliphatic rings. The zero-order valence-corrected chi connectivity index (χ0v) is 15.3. The van der Waals surface area contributed by atoms with E-state index in [1.807, 2.05) is 0 Å². The van der Waals surface area contributed by atoms with Gasteiger partial charge in [0.2, 0.25) is 11.8 Å². The van der Waals surface area contributed by atoms with Crippen LogP contribution < -0.4 is 9.64 Å². The van der Waals surface area contributed by atoms with Crippen LogP contribution in [-0.4, -0.2) is 11.8 Å². The van der Waals surface area contributed by atoms with Crippen LogP contribution in [0.25, 0.3) is 0 Å². The molecular weight excluding hydrogens is 350 g/mol. The fraction of sp³-hybridized carbons (Fsp3) is 0.333. The second-order valence-electron chi connectivity index (χ2n) is 7.19. The summed E-state index contributed by atoms with van der Waals surface area (Å²) in [4.78, 5) is 26.9. The third kappa shape index (κ3) is 3.10. The maximum atomic E-state index is 12.8. The lowest BCUT2D eigenvalue weighted by atomic mass is 9.76. The quantitative estimate of drug-likeness (QED) is 0.710. The van der Waals surface area contributed by atoms with Gasteiger partial charge >= 0.3 is 0 Å². The van der Waals surface area contributed by atoms with Crippen LogP contribution in [0.1, 0.15) is 26.2 Å². The molecule has 2 aromatic carbocycles. The molecule has 1 aliphatic heterocycles. The number of hydrogen-bond donors (Lipinski definition) is 0. The van der Waals surface area contributed by atoms with E-state index in [0.29, 0.717) is 28.1 Å². The number of carbonyl (C=O) groups is 2. The van der Waals surface area contributed by atoms with Gasteiger partial charge in [0.25, 0.3) is 0 Å². The molecule has 1 saturated carbocycles. The molecule has 5 heteroatoms. The van der Waals surface area contributed by atoms with Crippen molar-refractivity contribution in [3.8, 4) is 11.5 Å². The van der Waals surface area contributed by atoms with Crippen LogP contribution >= 0.6 is 11.6 Å². The summed E-state index contributed by atoms with van der Waals surface area (Å²) in [7, 11) is 0. The summed E-state index contributed by atoms with van der Waals surface area (Å²) in [6, 6.07) is 14.2. The van der Waals surface area contributed by atoms with E-state index in [2.05, 4.69) is 6.92 Å². The summed E-state index contributed by atoms with van der Waals surface area (Å²) >= 11 is 5.87. The lowest BCUT2D eigenvalue weighted by Gasteiger charge is -2.25. The SMILES string of the molecule is C[C@@H]1CC[C@@H]2C(=O)N(c3ccc(Oc4ccc(Cl)cc4)cc3)C(=O)[C@@H]2C1. The number of benzene rings is 2. The smallest absolute Gasteiger partial charge is 0.237 e. The Labute approximate surface area is 157 Å². The van der Waals surface area contributed by atoms with Gasteiger partial charge in [-0.1, -0.05) is 18.5 Å². The van der Waals surface area contributed by atoms with Crippen LogP contribution in [0.15, 0.2) is 48.5 Å². The zero-order valence-electron chi connectivity index (χ0n) is 14.5. The third-order valence-electron chi connectivity index (χ3n) is 5.33. The normalized spacial score (nSPS) is 25.3. The van der Waals surface area contributed by atoms with Crippen LogP contribution in [0.3, 0.4) is 0 Å². The Balaban J connectivity index is 1.52. The molecule has 4 nitrogen and oxygen atoms in total. The average molecular weight is 370 g/mol. The Bertz CT molecular complexity index is 831. The van der Waals surface area contributed by atoms with Gasteiger partial charge in [-0.2, -0.15) is 0 Å². The van der Waals surface area contributed by atoms with Crippen molar-refractivity contribution in [1.82, 2.24) is 0 Å². The molecule has 2 amide bonds. The van der Waals surface area contributed by atoms with E-state index in [4.69, 9.17) is 16.3 Å². The Morgan fingerprint density at radius 1 is 0.885 bits per heavy atom. The topological polar surface area (TPSA) is 46.6 Å². The minimum Gasteiger partial charge on any atom is -0.457 e.